The van der Waals surface area contributed by atoms with Gasteiger partial charge in [-0.15, -0.1) is 24.0 Å². The highest BCUT2D eigenvalue weighted by molar-refractivity contribution is 14.0. The zero-order valence-electron chi connectivity index (χ0n) is 18.6. The fourth-order valence-corrected chi connectivity index (χ4v) is 3.58. The van der Waals surface area contributed by atoms with Crippen LogP contribution in [0.1, 0.15) is 25.8 Å². The van der Waals surface area contributed by atoms with Gasteiger partial charge < -0.3 is 20.3 Å². The zero-order chi connectivity index (χ0) is 21.3. The van der Waals surface area contributed by atoms with Crippen LogP contribution >= 0.6 is 24.0 Å². The highest BCUT2D eigenvalue weighted by Gasteiger charge is 2.19. The van der Waals surface area contributed by atoms with E-state index >= 15 is 0 Å². The second kappa shape index (κ2) is 12.9. The Balaban J connectivity index is 0.00000341. The van der Waals surface area contributed by atoms with Crippen LogP contribution in [0.25, 0.3) is 0 Å². The predicted molar refractivity (Wildman–Crippen MR) is 137 cm³/mol. The van der Waals surface area contributed by atoms with E-state index in [1.165, 1.54) is 12.5 Å². The number of ether oxygens (including phenoxy) is 1. The quantitative estimate of drug-likeness (QED) is 0.288. The first-order valence-corrected chi connectivity index (χ1v) is 10.7. The second-order valence-corrected chi connectivity index (χ2v) is 8.23. The van der Waals surface area contributed by atoms with E-state index in [9.17, 15) is 4.39 Å². The van der Waals surface area contributed by atoms with E-state index in [2.05, 4.69) is 22.6 Å². The lowest BCUT2D eigenvalue weighted by molar-refractivity contribution is 0.242. The molecule has 1 atom stereocenters. The number of nitrogens with zero attached hydrogens (tertiary/aromatic N) is 2. The lowest BCUT2D eigenvalue weighted by atomic mass is 10.1. The molecule has 1 unspecified atom stereocenters. The number of likely N-dealkylation sites (tertiary alicyclic amines) is 1. The van der Waals surface area contributed by atoms with Crippen molar-refractivity contribution in [2.24, 2.45) is 10.9 Å². The van der Waals surface area contributed by atoms with E-state index in [1.54, 1.807) is 12.1 Å². The summed E-state index contributed by atoms with van der Waals surface area (Å²) in [6.45, 7) is 7.71. The summed E-state index contributed by atoms with van der Waals surface area (Å²) < 4.78 is 19.1. The van der Waals surface area contributed by atoms with Crippen molar-refractivity contribution in [2.45, 2.75) is 32.8 Å². The van der Waals surface area contributed by atoms with Crippen LogP contribution in [0.3, 0.4) is 0 Å². The average Bonchev–Trinajstić information content (AvgIpc) is 3.12. The minimum Gasteiger partial charge on any atom is -0.491 e. The predicted octanol–water partition coefficient (Wildman–Crippen LogP) is 4.78. The first-order valence-electron chi connectivity index (χ1n) is 10.7. The summed E-state index contributed by atoms with van der Waals surface area (Å²) >= 11 is 0. The average molecular weight is 540 g/mol. The summed E-state index contributed by atoms with van der Waals surface area (Å²) in [5.41, 5.74) is 1.92. The lowest BCUT2D eigenvalue weighted by Crippen LogP contribution is -2.33. The number of rotatable bonds is 8. The van der Waals surface area contributed by atoms with Gasteiger partial charge in [-0.25, -0.2) is 4.39 Å². The molecule has 170 valence electrons. The fourth-order valence-electron chi connectivity index (χ4n) is 3.58. The third-order valence-corrected chi connectivity index (χ3v) is 5.08. The minimum absolute atomic E-state index is 0. The van der Waals surface area contributed by atoms with Gasteiger partial charge in [-0.1, -0.05) is 12.1 Å². The normalized spacial score (nSPS) is 16.8. The topological polar surface area (TPSA) is 48.9 Å². The van der Waals surface area contributed by atoms with Gasteiger partial charge in [0.2, 0.25) is 0 Å². The largest absolute Gasteiger partial charge is 0.491 e. The molecule has 0 spiro atoms. The number of guanidine groups is 1. The van der Waals surface area contributed by atoms with Crippen LogP contribution in [0.15, 0.2) is 53.5 Å². The van der Waals surface area contributed by atoms with Crippen LogP contribution in [-0.4, -0.2) is 50.2 Å². The van der Waals surface area contributed by atoms with Crippen LogP contribution in [0.5, 0.6) is 5.75 Å². The summed E-state index contributed by atoms with van der Waals surface area (Å²) in [7, 11) is 2.15. The maximum atomic E-state index is 13.4. The molecule has 1 saturated heterocycles. The van der Waals surface area contributed by atoms with Crippen molar-refractivity contribution in [1.29, 1.82) is 0 Å². The van der Waals surface area contributed by atoms with Crippen molar-refractivity contribution in [1.82, 2.24) is 10.2 Å². The Kier molecular flexibility index (Phi) is 10.5. The molecule has 2 aromatic rings. The number of aliphatic imine (C=N–C) groups is 1. The molecule has 0 bridgehead atoms. The maximum absolute atomic E-state index is 13.4. The van der Waals surface area contributed by atoms with Crippen LogP contribution in [0.2, 0.25) is 0 Å². The molecular formula is C24H34FIN4O. The van der Waals surface area contributed by atoms with E-state index in [1.807, 2.05) is 44.2 Å². The van der Waals surface area contributed by atoms with E-state index in [0.717, 1.165) is 49.0 Å². The Morgan fingerprint density at radius 1 is 1.23 bits per heavy atom. The number of hydrogen-bond donors (Lipinski definition) is 2. The van der Waals surface area contributed by atoms with Gasteiger partial charge in [-0.05, 0) is 88.2 Å². The molecule has 1 aliphatic rings. The number of halogens is 2. The van der Waals surface area contributed by atoms with Crippen LogP contribution in [0, 0.1) is 11.7 Å². The Bertz CT molecular complexity index is 829. The van der Waals surface area contributed by atoms with Crippen molar-refractivity contribution in [3.63, 3.8) is 0 Å². The van der Waals surface area contributed by atoms with Crippen molar-refractivity contribution in [3.05, 3.63) is 59.9 Å². The van der Waals surface area contributed by atoms with Gasteiger partial charge in [0.25, 0.3) is 0 Å². The molecule has 3 rings (SSSR count). The smallest absolute Gasteiger partial charge is 0.195 e. The van der Waals surface area contributed by atoms with Gasteiger partial charge in [0.1, 0.15) is 11.6 Å². The Labute approximate surface area is 202 Å². The van der Waals surface area contributed by atoms with E-state index < -0.39 is 0 Å². The molecule has 1 fully saturated rings. The Morgan fingerprint density at radius 2 is 2.00 bits per heavy atom. The first kappa shape index (κ1) is 25.4. The highest BCUT2D eigenvalue weighted by atomic mass is 127. The molecule has 1 heterocycles. The summed E-state index contributed by atoms with van der Waals surface area (Å²) in [6.07, 6.45) is 2.05. The van der Waals surface area contributed by atoms with Crippen LogP contribution < -0.4 is 15.4 Å². The Hall–Kier alpha value is -1.87. The summed E-state index contributed by atoms with van der Waals surface area (Å²) in [6, 6.07) is 14.6. The summed E-state index contributed by atoms with van der Waals surface area (Å²) in [5.74, 6) is 1.98. The van der Waals surface area contributed by atoms with Crippen molar-refractivity contribution in [3.8, 4) is 5.75 Å². The van der Waals surface area contributed by atoms with Crippen LogP contribution in [0.4, 0.5) is 10.1 Å². The number of benzene rings is 2. The van der Waals surface area contributed by atoms with Gasteiger partial charge in [-0.3, -0.25) is 4.99 Å². The molecule has 0 saturated carbocycles. The summed E-state index contributed by atoms with van der Waals surface area (Å²) in [5, 5.41) is 6.78. The van der Waals surface area contributed by atoms with Crippen LogP contribution in [-0.2, 0) is 6.42 Å². The molecule has 0 aromatic heterocycles. The molecule has 1 aliphatic heterocycles. The monoisotopic (exact) mass is 540 g/mol. The zero-order valence-corrected chi connectivity index (χ0v) is 20.9. The second-order valence-electron chi connectivity index (χ2n) is 8.23. The molecule has 5 nitrogen and oxygen atoms in total. The van der Waals surface area contributed by atoms with E-state index in [0.29, 0.717) is 12.5 Å². The van der Waals surface area contributed by atoms with E-state index in [4.69, 9.17) is 9.73 Å². The van der Waals surface area contributed by atoms with Gasteiger partial charge in [0.15, 0.2) is 5.96 Å². The lowest BCUT2D eigenvalue weighted by Gasteiger charge is -2.15. The Morgan fingerprint density at radius 3 is 2.65 bits per heavy atom. The molecule has 2 N–H and O–H groups in total. The van der Waals surface area contributed by atoms with Gasteiger partial charge >= 0.3 is 0 Å². The molecule has 31 heavy (non-hydrogen) atoms. The molecule has 2 aromatic carbocycles. The third kappa shape index (κ3) is 9.03. The third-order valence-electron chi connectivity index (χ3n) is 5.08. The molecular weight excluding hydrogens is 506 g/mol. The molecule has 0 radical (unpaired) electrons. The SMILES string of the molecule is CC(C)Oc1ccc(NC(=NCC2CCN(C)C2)NCCc2cccc(F)c2)cc1.I. The minimum atomic E-state index is -0.200. The van der Waals surface area contributed by atoms with Gasteiger partial charge in [0.05, 0.1) is 6.10 Å². The molecule has 0 amide bonds. The van der Waals surface area contributed by atoms with E-state index in [-0.39, 0.29) is 35.9 Å². The highest BCUT2D eigenvalue weighted by Crippen LogP contribution is 2.17. The van der Waals surface area contributed by atoms with Crippen molar-refractivity contribution < 1.29 is 9.13 Å². The summed E-state index contributed by atoms with van der Waals surface area (Å²) in [4.78, 5) is 7.16. The first-order chi connectivity index (χ1) is 14.5. The van der Waals surface area contributed by atoms with Gasteiger partial charge in [-0.2, -0.15) is 0 Å². The number of nitrogens with one attached hydrogen (secondary N) is 2. The van der Waals surface area contributed by atoms with Crippen molar-refractivity contribution >= 4 is 35.6 Å². The molecule has 7 heteroatoms. The molecule has 0 aliphatic carbocycles. The van der Waals surface area contributed by atoms with Gasteiger partial charge in [0, 0.05) is 25.3 Å². The number of anilines is 1. The maximum Gasteiger partial charge on any atom is 0.195 e. The number of hydrogen-bond acceptors (Lipinski definition) is 3. The standard InChI is InChI=1S/C24H33FN4O.HI/c1-18(2)30-23-9-7-22(8-10-23)28-24(27-16-20-12-14-29(3)17-20)26-13-11-19-5-4-6-21(25)15-19;/h4-10,15,18,20H,11-14,16-17H2,1-3H3,(H2,26,27,28);1H. The fraction of sp³-hybridized carbons (Fsp3) is 0.458. The van der Waals surface area contributed by atoms with Crippen molar-refractivity contribution in [2.75, 3.05) is 38.5 Å².